The van der Waals surface area contributed by atoms with Crippen LogP contribution in [-0.4, -0.2) is 48.2 Å². The molecule has 0 aliphatic carbocycles. The number of hydrogen-bond donors (Lipinski definition) is 3. The fourth-order valence-electron chi connectivity index (χ4n) is 1.29. The number of phenolic OH excluding ortho intramolecular Hbond substituents is 2. The molecule has 0 unspecified atom stereocenters. The molecule has 0 heterocycles. The van der Waals surface area contributed by atoms with Gasteiger partial charge in [0.25, 0.3) is 5.91 Å². The summed E-state index contributed by atoms with van der Waals surface area (Å²) in [5.41, 5.74) is 0.110. The van der Waals surface area contributed by atoms with Crippen LogP contribution in [0.5, 0.6) is 11.5 Å². The van der Waals surface area contributed by atoms with Crippen LogP contribution in [0.2, 0.25) is 0 Å². The molecule has 0 aromatic heterocycles. The first-order chi connectivity index (χ1) is 7.57. The minimum atomic E-state index is -0.371. The van der Waals surface area contributed by atoms with Gasteiger partial charge >= 0.3 is 0 Å². The van der Waals surface area contributed by atoms with Crippen LogP contribution in [0.25, 0.3) is 0 Å². The summed E-state index contributed by atoms with van der Waals surface area (Å²) in [6.45, 7) is 1.20. The lowest BCUT2D eigenvalue weighted by Crippen LogP contribution is -2.32. The molecule has 5 heteroatoms. The smallest absolute Gasteiger partial charge is 0.257 e. The van der Waals surface area contributed by atoms with Gasteiger partial charge in [-0.2, -0.15) is 0 Å². The quantitative estimate of drug-likeness (QED) is 0.647. The molecule has 5 nitrogen and oxygen atoms in total. The van der Waals surface area contributed by atoms with Crippen molar-refractivity contribution in [3.05, 3.63) is 23.8 Å². The van der Waals surface area contributed by atoms with Crippen LogP contribution >= 0.6 is 0 Å². The average molecular weight is 224 g/mol. The first kappa shape index (κ1) is 12.3. The molecule has 1 amide bonds. The molecule has 16 heavy (non-hydrogen) atoms. The van der Waals surface area contributed by atoms with Gasteiger partial charge in [0.15, 0.2) is 11.5 Å². The topological polar surface area (TPSA) is 72.8 Å². The number of nitrogens with one attached hydrogen (secondary N) is 1. The highest BCUT2D eigenvalue weighted by Crippen LogP contribution is 2.28. The van der Waals surface area contributed by atoms with Crippen LogP contribution in [-0.2, 0) is 0 Å². The number of carbonyl (C=O) groups is 1. The number of para-hydroxylation sites is 1. The van der Waals surface area contributed by atoms with Crippen molar-refractivity contribution in [3.8, 4) is 11.5 Å². The molecule has 3 N–H and O–H groups in total. The summed E-state index contributed by atoms with van der Waals surface area (Å²) in [7, 11) is 3.44. The Labute approximate surface area is 94.3 Å². The molecule has 1 aromatic carbocycles. The SMILES string of the molecule is CNCCN(C)C(=O)c1cccc(O)c1O. The molecule has 0 aliphatic rings. The third-order valence-corrected chi connectivity index (χ3v) is 2.29. The van der Waals surface area contributed by atoms with Gasteiger partial charge in [-0.05, 0) is 19.2 Å². The van der Waals surface area contributed by atoms with E-state index < -0.39 is 0 Å². The maximum Gasteiger partial charge on any atom is 0.257 e. The van der Waals surface area contributed by atoms with Crippen LogP contribution in [0.3, 0.4) is 0 Å². The standard InChI is InChI=1S/C11H16N2O3/c1-12-6-7-13(2)11(16)8-4-3-5-9(14)10(8)15/h3-5,12,14-15H,6-7H2,1-2H3. The van der Waals surface area contributed by atoms with Crippen LogP contribution < -0.4 is 5.32 Å². The second-order valence-corrected chi connectivity index (χ2v) is 3.50. The summed E-state index contributed by atoms with van der Waals surface area (Å²) in [6, 6.07) is 4.33. The second-order valence-electron chi connectivity index (χ2n) is 3.50. The van der Waals surface area contributed by atoms with Crippen LogP contribution in [0, 0.1) is 0 Å². The van der Waals surface area contributed by atoms with Crippen LogP contribution in [0.1, 0.15) is 10.4 Å². The lowest BCUT2D eigenvalue weighted by molar-refractivity contribution is 0.0793. The number of likely N-dealkylation sites (N-methyl/N-ethyl adjacent to an activating group) is 2. The number of phenols is 2. The Balaban J connectivity index is 2.84. The van der Waals surface area contributed by atoms with Crippen molar-refractivity contribution in [1.29, 1.82) is 0 Å². The van der Waals surface area contributed by atoms with E-state index in [1.54, 1.807) is 14.1 Å². The van der Waals surface area contributed by atoms with E-state index >= 15 is 0 Å². The molecular weight excluding hydrogens is 208 g/mol. The third-order valence-electron chi connectivity index (χ3n) is 2.29. The van der Waals surface area contributed by atoms with Gasteiger partial charge in [0.2, 0.25) is 0 Å². The number of aromatic hydroxyl groups is 2. The van der Waals surface area contributed by atoms with Gasteiger partial charge < -0.3 is 20.4 Å². The van der Waals surface area contributed by atoms with Crippen molar-refractivity contribution in [2.75, 3.05) is 27.2 Å². The first-order valence-corrected chi connectivity index (χ1v) is 4.99. The highest BCUT2D eigenvalue weighted by molar-refractivity contribution is 5.97. The molecule has 0 spiro atoms. The van der Waals surface area contributed by atoms with E-state index in [9.17, 15) is 15.0 Å². The summed E-state index contributed by atoms with van der Waals surface area (Å²) < 4.78 is 0. The molecular formula is C11H16N2O3. The Morgan fingerprint density at radius 3 is 2.75 bits per heavy atom. The Hall–Kier alpha value is -1.75. The second kappa shape index (κ2) is 5.37. The van der Waals surface area contributed by atoms with Crippen molar-refractivity contribution in [2.24, 2.45) is 0 Å². The molecule has 1 aromatic rings. The normalized spacial score (nSPS) is 10.1. The molecule has 0 aliphatic heterocycles. The van der Waals surface area contributed by atoms with Crippen molar-refractivity contribution in [1.82, 2.24) is 10.2 Å². The summed E-state index contributed by atoms with van der Waals surface area (Å²) >= 11 is 0. The fraction of sp³-hybridized carbons (Fsp3) is 0.364. The molecule has 0 fully saturated rings. The molecule has 0 bridgehead atoms. The predicted octanol–water partition coefficient (Wildman–Crippen LogP) is 0.389. The monoisotopic (exact) mass is 224 g/mol. The number of carbonyl (C=O) groups excluding carboxylic acids is 1. The first-order valence-electron chi connectivity index (χ1n) is 4.99. The summed E-state index contributed by atoms with van der Waals surface area (Å²) in [4.78, 5) is 13.3. The van der Waals surface area contributed by atoms with Crippen LogP contribution in [0.15, 0.2) is 18.2 Å². The largest absolute Gasteiger partial charge is 0.504 e. The van der Waals surface area contributed by atoms with Crippen molar-refractivity contribution < 1.29 is 15.0 Å². The van der Waals surface area contributed by atoms with E-state index in [0.717, 1.165) is 0 Å². The summed E-state index contributed by atoms with van der Waals surface area (Å²) in [6.07, 6.45) is 0. The molecule has 0 saturated heterocycles. The van der Waals surface area contributed by atoms with E-state index in [1.165, 1.54) is 23.1 Å². The van der Waals surface area contributed by atoms with Gasteiger partial charge in [-0.15, -0.1) is 0 Å². The number of amides is 1. The van der Waals surface area contributed by atoms with Gasteiger partial charge in [0, 0.05) is 20.1 Å². The molecule has 1 rings (SSSR count). The Morgan fingerprint density at radius 2 is 2.12 bits per heavy atom. The van der Waals surface area contributed by atoms with E-state index in [1.807, 2.05) is 0 Å². The zero-order chi connectivity index (χ0) is 12.1. The fourth-order valence-corrected chi connectivity index (χ4v) is 1.29. The summed E-state index contributed by atoms with van der Waals surface area (Å²) in [5, 5.41) is 21.7. The third kappa shape index (κ3) is 2.64. The highest BCUT2D eigenvalue weighted by atomic mass is 16.3. The molecule has 0 atom stereocenters. The number of rotatable bonds is 4. The maximum atomic E-state index is 11.9. The summed E-state index contributed by atoms with van der Waals surface area (Å²) in [5.74, 6) is -0.972. The van der Waals surface area contributed by atoms with E-state index in [4.69, 9.17) is 0 Å². The molecule has 0 saturated carbocycles. The lowest BCUT2D eigenvalue weighted by Gasteiger charge is -2.17. The van der Waals surface area contributed by atoms with Crippen LogP contribution in [0.4, 0.5) is 0 Å². The molecule has 88 valence electrons. The van der Waals surface area contributed by atoms with Gasteiger partial charge in [-0.3, -0.25) is 4.79 Å². The Bertz CT molecular complexity index is 379. The van der Waals surface area contributed by atoms with E-state index in [-0.39, 0.29) is 23.0 Å². The number of nitrogens with zero attached hydrogens (tertiary/aromatic N) is 1. The lowest BCUT2D eigenvalue weighted by atomic mass is 10.1. The number of benzene rings is 1. The van der Waals surface area contributed by atoms with Crippen molar-refractivity contribution in [3.63, 3.8) is 0 Å². The number of hydrogen-bond acceptors (Lipinski definition) is 4. The predicted molar refractivity (Wildman–Crippen MR) is 60.7 cm³/mol. The van der Waals surface area contributed by atoms with E-state index in [2.05, 4.69) is 5.32 Å². The minimum absolute atomic E-state index is 0.110. The zero-order valence-corrected chi connectivity index (χ0v) is 9.40. The minimum Gasteiger partial charge on any atom is -0.504 e. The molecule has 0 radical (unpaired) electrons. The van der Waals surface area contributed by atoms with Crippen molar-refractivity contribution >= 4 is 5.91 Å². The average Bonchev–Trinajstić information content (AvgIpc) is 2.28. The zero-order valence-electron chi connectivity index (χ0n) is 9.40. The Morgan fingerprint density at radius 1 is 1.44 bits per heavy atom. The maximum absolute atomic E-state index is 11.9. The van der Waals surface area contributed by atoms with Gasteiger partial charge in [-0.1, -0.05) is 6.07 Å². The highest BCUT2D eigenvalue weighted by Gasteiger charge is 2.17. The van der Waals surface area contributed by atoms with Crippen molar-refractivity contribution in [2.45, 2.75) is 0 Å². The van der Waals surface area contributed by atoms with Gasteiger partial charge in [0.05, 0.1) is 5.56 Å². The van der Waals surface area contributed by atoms with E-state index in [0.29, 0.717) is 13.1 Å². The van der Waals surface area contributed by atoms with Gasteiger partial charge in [-0.25, -0.2) is 0 Å². The Kier molecular flexibility index (Phi) is 4.13. The van der Waals surface area contributed by atoms with Gasteiger partial charge in [0.1, 0.15) is 0 Å².